The van der Waals surface area contributed by atoms with Crippen LogP contribution in [0.4, 0.5) is 13.2 Å². The first kappa shape index (κ1) is 9.33. The highest BCUT2D eigenvalue weighted by molar-refractivity contribution is 4.92. The van der Waals surface area contributed by atoms with Crippen molar-refractivity contribution in [2.45, 2.75) is 13.1 Å². The van der Waals surface area contributed by atoms with Crippen molar-refractivity contribution >= 4 is 0 Å². The Morgan fingerprint density at radius 2 is 1.90 bits per heavy atom. The van der Waals surface area contributed by atoms with Crippen LogP contribution in [0.1, 0.15) is 6.92 Å². The smallest absolute Gasteiger partial charge is 0.398 e. The van der Waals surface area contributed by atoms with Gasteiger partial charge in [-0.1, -0.05) is 6.58 Å². The summed E-state index contributed by atoms with van der Waals surface area (Å²) in [6.45, 7) is 4.10. The van der Waals surface area contributed by atoms with E-state index in [1.807, 2.05) is 0 Å². The summed E-state index contributed by atoms with van der Waals surface area (Å²) in [6, 6.07) is 0. The van der Waals surface area contributed by atoms with Crippen LogP contribution in [0, 0.1) is 5.92 Å². The lowest BCUT2D eigenvalue weighted by molar-refractivity contribution is -0.167. The fourth-order valence-corrected chi connectivity index (χ4v) is 0.359. The van der Waals surface area contributed by atoms with Crippen molar-refractivity contribution in [2.75, 3.05) is 7.11 Å². The highest BCUT2D eigenvalue weighted by atomic mass is 19.4. The van der Waals surface area contributed by atoms with Crippen LogP contribution >= 0.6 is 0 Å². The zero-order valence-corrected chi connectivity index (χ0v) is 5.83. The van der Waals surface area contributed by atoms with Crippen LogP contribution in [-0.4, -0.2) is 13.3 Å². The van der Waals surface area contributed by atoms with Crippen LogP contribution in [0.3, 0.4) is 0 Å². The van der Waals surface area contributed by atoms with Crippen LogP contribution in [0.2, 0.25) is 0 Å². The maximum absolute atomic E-state index is 11.7. The predicted octanol–water partition coefficient (Wildman–Crippen LogP) is 2.34. The molecule has 0 rings (SSSR count). The fraction of sp³-hybridized carbons (Fsp3) is 0.667. The Morgan fingerprint density at radius 3 is 2.00 bits per heavy atom. The molecule has 4 heteroatoms. The maximum atomic E-state index is 11.7. The molecule has 10 heavy (non-hydrogen) atoms. The molecule has 0 N–H and O–H groups in total. The van der Waals surface area contributed by atoms with Crippen LogP contribution in [0.5, 0.6) is 0 Å². The van der Waals surface area contributed by atoms with E-state index in [-0.39, 0.29) is 5.76 Å². The van der Waals surface area contributed by atoms with E-state index in [1.165, 1.54) is 7.11 Å². The van der Waals surface area contributed by atoms with Gasteiger partial charge in [0.2, 0.25) is 0 Å². The molecule has 0 aliphatic carbocycles. The molecule has 0 radical (unpaired) electrons. The second-order valence-electron chi connectivity index (χ2n) is 1.93. The molecule has 0 aromatic rings. The van der Waals surface area contributed by atoms with Gasteiger partial charge in [-0.05, 0) is 6.92 Å². The Labute approximate surface area is 57.5 Å². The highest BCUT2D eigenvalue weighted by Crippen LogP contribution is 2.30. The molecule has 0 bridgehead atoms. The van der Waals surface area contributed by atoms with Gasteiger partial charge >= 0.3 is 6.18 Å². The third kappa shape index (κ3) is 2.29. The molecule has 1 unspecified atom stereocenters. The summed E-state index contributed by atoms with van der Waals surface area (Å²) in [5.74, 6) is -1.84. The second-order valence-corrected chi connectivity index (χ2v) is 1.93. The lowest BCUT2D eigenvalue weighted by Gasteiger charge is -2.16. The third-order valence-electron chi connectivity index (χ3n) is 1.24. The first-order valence-corrected chi connectivity index (χ1v) is 2.69. The Balaban J connectivity index is 4.08. The second kappa shape index (κ2) is 2.94. The van der Waals surface area contributed by atoms with E-state index in [4.69, 9.17) is 0 Å². The Hall–Kier alpha value is -0.670. The van der Waals surface area contributed by atoms with Gasteiger partial charge in [-0.25, -0.2) is 0 Å². The number of alkyl halides is 3. The molecule has 0 aromatic heterocycles. The minimum Gasteiger partial charge on any atom is -0.501 e. The van der Waals surface area contributed by atoms with Crippen LogP contribution < -0.4 is 0 Å². The van der Waals surface area contributed by atoms with Crippen molar-refractivity contribution in [2.24, 2.45) is 5.92 Å². The third-order valence-corrected chi connectivity index (χ3v) is 1.24. The Morgan fingerprint density at radius 1 is 1.50 bits per heavy atom. The predicted molar refractivity (Wildman–Crippen MR) is 31.4 cm³/mol. The van der Waals surface area contributed by atoms with Crippen molar-refractivity contribution in [1.82, 2.24) is 0 Å². The fourth-order valence-electron chi connectivity index (χ4n) is 0.359. The summed E-state index contributed by atoms with van der Waals surface area (Å²) >= 11 is 0. The van der Waals surface area contributed by atoms with Crippen molar-refractivity contribution in [1.29, 1.82) is 0 Å². The Bertz CT molecular complexity index is 127. The number of halogens is 3. The van der Waals surface area contributed by atoms with Crippen molar-refractivity contribution in [3.05, 3.63) is 12.3 Å². The largest absolute Gasteiger partial charge is 0.501 e. The lowest BCUT2D eigenvalue weighted by Crippen LogP contribution is -2.21. The summed E-state index contributed by atoms with van der Waals surface area (Å²) in [4.78, 5) is 0. The van der Waals surface area contributed by atoms with E-state index in [2.05, 4.69) is 11.3 Å². The van der Waals surface area contributed by atoms with Gasteiger partial charge in [0, 0.05) is 0 Å². The molecule has 60 valence electrons. The van der Waals surface area contributed by atoms with E-state index in [0.29, 0.717) is 0 Å². The maximum Gasteiger partial charge on any atom is 0.398 e. The lowest BCUT2D eigenvalue weighted by atomic mass is 10.1. The minimum atomic E-state index is -4.24. The van der Waals surface area contributed by atoms with E-state index in [0.717, 1.165) is 6.92 Å². The number of methoxy groups -OCH3 is 1. The minimum absolute atomic E-state index is 0.257. The standard InChI is InChI=1S/C6H9F3O/c1-4(5(2)10-3)6(7,8)9/h4H,2H2,1,3H3. The van der Waals surface area contributed by atoms with Gasteiger partial charge in [0.1, 0.15) is 11.7 Å². The average molecular weight is 154 g/mol. The van der Waals surface area contributed by atoms with E-state index >= 15 is 0 Å². The van der Waals surface area contributed by atoms with Gasteiger partial charge < -0.3 is 4.74 Å². The SMILES string of the molecule is C=C(OC)C(C)C(F)(F)F. The molecule has 0 spiro atoms. The molecule has 0 aromatic carbocycles. The zero-order valence-electron chi connectivity index (χ0n) is 5.83. The van der Waals surface area contributed by atoms with Crippen LogP contribution in [0.15, 0.2) is 12.3 Å². The van der Waals surface area contributed by atoms with Gasteiger partial charge in [0.25, 0.3) is 0 Å². The molecule has 0 saturated heterocycles. The summed E-state index contributed by atoms with van der Waals surface area (Å²) in [5, 5.41) is 0. The van der Waals surface area contributed by atoms with E-state index in [9.17, 15) is 13.2 Å². The van der Waals surface area contributed by atoms with Gasteiger partial charge in [-0.3, -0.25) is 0 Å². The summed E-state index contributed by atoms with van der Waals surface area (Å²) < 4.78 is 39.6. The molecular formula is C6H9F3O. The van der Waals surface area contributed by atoms with Gasteiger partial charge in [-0.2, -0.15) is 13.2 Å². The molecule has 0 heterocycles. The Kier molecular flexibility index (Phi) is 2.75. The molecule has 0 amide bonds. The van der Waals surface area contributed by atoms with Crippen molar-refractivity contribution < 1.29 is 17.9 Å². The van der Waals surface area contributed by atoms with E-state index in [1.54, 1.807) is 0 Å². The van der Waals surface area contributed by atoms with Crippen LogP contribution in [0.25, 0.3) is 0 Å². The molecular weight excluding hydrogens is 145 g/mol. The van der Waals surface area contributed by atoms with Crippen LogP contribution in [-0.2, 0) is 4.74 Å². The summed E-state index contributed by atoms with van der Waals surface area (Å²) in [7, 11) is 1.17. The molecule has 0 aliphatic heterocycles. The van der Waals surface area contributed by atoms with Gasteiger partial charge in [0.05, 0.1) is 7.11 Å². The number of ether oxygens (including phenoxy) is 1. The van der Waals surface area contributed by atoms with E-state index < -0.39 is 12.1 Å². The monoisotopic (exact) mass is 154 g/mol. The van der Waals surface area contributed by atoms with Gasteiger partial charge in [0.15, 0.2) is 0 Å². The van der Waals surface area contributed by atoms with Crippen molar-refractivity contribution in [3.63, 3.8) is 0 Å². The quantitative estimate of drug-likeness (QED) is 0.554. The molecule has 1 atom stereocenters. The molecule has 0 fully saturated rings. The molecule has 0 saturated carbocycles. The number of hydrogen-bond acceptors (Lipinski definition) is 1. The molecule has 1 nitrogen and oxygen atoms in total. The number of allylic oxidation sites excluding steroid dienone is 1. The van der Waals surface area contributed by atoms with Crippen molar-refractivity contribution in [3.8, 4) is 0 Å². The summed E-state index contributed by atoms with van der Waals surface area (Å²) in [5.41, 5.74) is 0. The average Bonchev–Trinajstić information content (AvgIpc) is 1.83. The zero-order chi connectivity index (χ0) is 8.36. The normalized spacial score (nSPS) is 14.5. The number of hydrogen-bond donors (Lipinski definition) is 0. The number of rotatable bonds is 2. The first-order chi connectivity index (χ1) is 4.39. The topological polar surface area (TPSA) is 9.23 Å². The van der Waals surface area contributed by atoms with Gasteiger partial charge in [-0.15, -0.1) is 0 Å². The summed E-state index contributed by atoms with van der Waals surface area (Å²) in [6.07, 6.45) is -4.24. The highest BCUT2D eigenvalue weighted by Gasteiger charge is 2.38. The first-order valence-electron chi connectivity index (χ1n) is 2.69. The molecule has 0 aliphatic rings.